The normalized spacial score (nSPS) is 18.2. The van der Waals surface area contributed by atoms with Crippen LogP contribution in [0.5, 0.6) is 5.75 Å². The Balaban J connectivity index is 1.76. The Hall–Kier alpha value is -2.18. The van der Waals surface area contributed by atoms with Gasteiger partial charge in [-0.2, -0.15) is 4.31 Å². The van der Waals surface area contributed by atoms with Gasteiger partial charge in [-0.25, -0.2) is 8.42 Å². The van der Waals surface area contributed by atoms with Gasteiger partial charge in [-0.15, -0.1) is 0 Å². The highest BCUT2D eigenvalue weighted by Crippen LogP contribution is 2.27. The van der Waals surface area contributed by atoms with E-state index in [9.17, 15) is 13.2 Å². The number of rotatable bonds is 6. The molecule has 1 heterocycles. The summed E-state index contributed by atoms with van der Waals surface area (Å²) in [6, 6.07) is 13.9. The maximum absolute atomic E-state index is 13.0. The zero-order valence-electron chi connectivity index (χ0n) is 15.7. The summed E-state index contributed by atoms with van der Waals surface area (Å²) in [5, 5.41) is 0. The molecule has 0 aliphatic carbocycles. The lowest BCUT2D eigenvalue weighted by Gasteiger charge is -2.31. The Labute approximate surface area is 161 Å². The van der Waals surface area contributed by atoms with E-state index in [-0.39, 0.29) is 23.1 Å². The molecule has 0 N–H and O–H groups in total. The van der Waals surface area contributed by atoms with Crippen LogP contribution >= 0.6 is 0 Å². The van der Waals surface area contributed by atoms with Gasteiger partial charge >= 0.3 is 0 Å². The summed E-state index contributed by atoms with van der Waals surface area (Å²) in [5.74, 6) is 0.350. The van der Waals surface area contributed by atoms with E-state index in [1.165, 1.54) is 4.31 Å². The molecule has 1 atom stereocenters. The Morgan fingerprint density at radius 1 is 1.11 bits per heavy atom. The number of piperidine rings is 1. The predicted molar refractivity (Wildman–Crippen MR) is 105 cm³/mol. The molecule has 1 aliphatic heterocycles. The van der Waals surface area contributed by atoms with Crippen LogP contribution in [0.4, 0.5) is 0 Å². The second-order valence-electron chi connectivity index (χ2n) is 6.84. The van der Waals surface area contributed by atoms with Crippen molar-refractivity contribution in [2.24, 2.45) is 5.92 Å². The summed E-state index contributed by atoms with van der Waals surface area (Å²) in [7, 11) is -3.62. The van der Waals surface area contributed by atoms with Crippen LogP contribution in [-0.2, 0) is 10.0 Å². The van der Waals surface area contributed by atoms with Crippen LogP contribution in [-0.4, -0.2) is 38.2 Å². The fourth-order valence-corrected chi connectivity index (χ4v) is 4.88. The highest BCUT2D eigenvalue weighted by atomic mass is 32.2. The molecule has 0 aromatic heterocycles. The largest absolute Gasteiger partial charge is 0.494 e. The summed E-state index contributed by atoms with van der Waals surface area (Å²) < 4.78 is 32.8. The number of benzene rings is 2. The molecule has 1 saturated heterocycles. The van der Waals surface area contributed by atoms with Crippen molar-refractivity contribution in [3.05, 3.63) is 59.7 Å². The van der Waals surface area contributed by atoms with Gasteiger partial charge in [0.05, 0.1) is 11.5 Å². The van der Waals surface area contributed by atoms with Crippen LogP contribution in [0, 0.1) is 12.8 Å². The molecule has 3 rings (SSSR count). The first-order valence-corrected chi connectivity index (χ1v) is 10.7. The Morgan fingerprint density at radius 2 is 1.78 bits per heavy atom. The van der Waals surface area contributed by atoms with Gasteiger partial charge in [0, 0.05) is 24.6 Å². The smallest absolute Gasteiger partial charge is 0.243 e. The van der Waals surface area contributed by atoms with Gasteiger partial charge in [-0.1, -0.05) is 29.8 Å². The van der Waals surface area contributed by atoms with Gasteiger partial charge in [-0.3, -0.25) is 4.79 Å². The summed E-state index contributed by atoms with van der Waals surface area (Å²) in [4.78, 5) is 13.0. The molecule has 0 spiro atoms. The number of carbonyl (C=O) groups is 1. The zero-order chi connectivity index (χ0) is 19.4. The van der Waals surface area contributed by atoms with Crippen LogP contribution in [0.2, 0.25) is 0 Å². The number of sulfonamides is 1. The van der Waals surface area contributed by atoms with Crippen molar-refractivity contribution in [1.82, 2.24) is 4.31 Å². The van der Waals surface area contributed by atoms with E-state index in [4.69, 9.17) is 4.74 Å². The molecule has 5 nitrogen and oxygen atoms in total. The number of aryl methyl sites for hydroxylation is 1. The van der Waals surface area contributed by atoms with E-state index in [2.05, 4.69) is 0 Å². The van der Waals surface area contributed by atoms with E-state index in [0.717, 1.165) is 5.56 Å². The lowest BCUT2D eigenvalue weighted by atomic mass is 9.91. The average molecular weight is 388 g/mol. The fraction of sp³-hybridized carbons (Fsp3) is 0.381. The summed E-state index contributed by atoms with van der Waals surface area (Å²) in [5.41, 5.74) is 1.74. The average Bonchev–Trinajstić information content (AvgIpc) is 2.69. The first kappa shape index (κ1) is 19.6. The molecule has 0 saturated carbocycles. The topological polar surface area (TPSA) is 63.7 Å². The van der Waals surface area contributed by atoms with Crippen LogP contribution in [0.3, 0.4) is 0 Å². The first-order valence-electron chi connectivity index (χ1n) is 9.25. The minimum atomic E-state index is -3.62. The lowest BCUT2D eigenvalue weighted by Crippen LogP contribution is -2.42. The Morgan fingerprint density at radius 3 is 2.41 bits per heavy atom. The number of carbonyl (C=O) groups excluding carboxylic acids is 1. The molecule has 27 heavy (non-hydrogen) atoms. The van der Waals surface area contributed by atoms with Crippen LogP contribution in [0.15, 0.2) is 53.4 Å². The van der Waals surface area contributed by atoms with Crippen LogP contribution in [0.1, 0.15) is 35.7 Å². The molecule has 6 heteroatoms. The van der Waals surface area contributed by atoms with Gasteiger partial charge in [0.15, 0.2) is 5.78 Å². The van der Waals surface area contributed by atoms with Crippen molar-refractivity contribution in [2.45, 2.75) is 31.6 Å². The molecular formula is C21H25NO4S. The van der Waals surface area contributed by atoms with Gasteiger partial charge in [0.25, 0.3) is 0 Å². The predicted octanol–water partition coefficient (Wildman–Crippen LogP) is 3.68. The van der Waals surface area contributed by atoms with E-state index < -0.39 is 10.0 Å². The number of Topliss-reactive ketones (excluding diaryl/α,β-unsaturated/α-hetero) is 1. The van der Waals surface area contributed by atoms with Crippen molar-refractivity contribution in [3.8, 4) is 5.75 Å². The minimum Gasteiger partial charge on any atom is -0.494 e. The standard InChI is InChI=1S/C21H25NO4S/c1-3-26-19-10-12-20(13-11-19)27(24,25)22-14-4-5-18(15-22)21(23)17-8-6-16(2)7-9-17/h6-13,18H,3-5,14-15H2,1-2H3. The molecule has 144 valence electrons. The van der Waals surface area contributed by atoms with Crippen molar-refractivity contribution < 1.29 is 17.9 Å². The minimum absolute atomic E-state index is 0.0154. The monoisotopic (exact) mass is 387 g/mol. The first-order chi connectivity index (χ1) is 12.9. The molecule has 1 fully saturated rings. The fourth-order valence-electron chi connectivity index (χ4n) is 3.35. The zero-order valence-corrected chi connectivity index (χ0v) is 16.5. The second-order valence-corrected chi connectivity index (χ2v) is 8.77. The maximum atomic E-state index is 13.0. The van der Waals surface area contributed by atoms with Crippen molar-refractivity contribution in [2.75, 3.05) is 19.7 Å². The third kappa shape index (κ3) is 4.39. The molecule has 0 amide bonds. The maximum Gasteiger partial charge on any atom is 0.243 e. The molecule has 2 aromatic rings. The Bertz CT molecular complexity index is 889. The summed E-state index contributed by atoms with van der Waals surface area (Å²) in [6.07, 6.45) is 1.39. The van der Waals surface area contributed by atoms with Crippen molar-refractivity contribution >= 4 is 15.8 Å². The molecule has 0 bridgehead atoms. The van der Waals surface area contributed by atoms with Gasteiger partial charge in [0.2, 0.25) is 10.0 Å². The molecule has 0 radical (unpaired) electrons. The van der Waals surface area contributed by atoms with E-state index in [1.54, 1.807) is 24.3 Å². The van der Waals surface area contributed by atoms with E-state index >= 15 is 0 Å². The van der Waals surface area contributed by atoms with Crippen LogP contribution in [0.25, 0.3) is 0 Å². The van der Waals surface area contributed by atoms with E-state index in [0.29, 0.717) is 37.3 Å². The third-order valence-corrected chi connectivity index (χ3v) is 6.74. The van der Waals surface area contributed by atoms with Crippen molar-refractivity contribution in [3.63, 3.8) is 0 Å². The van der Waals surface area contributed by atoms with Crippen molar-refractivity contribution in [1.29, 1.82) is 0 Å². The van der Waals surface area contributed by atoms with Gasteiger partial charge in [-0.05, 0) is 51.0 Å². The summed E-state index contributed by atoms with van der Waals surface area (Å²) >= 11 is 0. The summed E-state index contributed by atoms with van der Waals surface area (Å²) in [6.45, 7) is 5.04. The Kier molecular flexibility index (Phi) is 5.97. The molecule has 1 aliphatic rings. The SMILES string of the molecule is CCOc1ccc(S(=O)(=O)N2CCCC(C(=O)c3ccc(C)cc3)C2)cc1. The number of ether oxygens (including phenoxy) is 1. The highest BCUT2D eigenvalue weighted by Gasteiger charge is 2.33. The second kappa shape index (κ2) is 8.23. The van der Waals surface area contributed by atoms with Crippen LogP contribution < -0.4 is 4.74 Å². The highest BCUT2D eigenvalue weighted by molar-refractivity contribution is 7.89. The number of hydrogen-bond donors (Lipinski definition) is 0. The van der Waals surface area contributed by atoms with E-state index in [1.807, 2.05) is 38.1 Å². The van der Waals surface area contributed by atoms with Gasteiger partial charge in [0.1, 0.15) is 5.75 Å². The number of hydrogen-bond acceptors (Lipinski definition) is 4. The molecule has 2 aromatic carbocycles. The van der Waals surface area contributed by atoms with Gasteiger partial charge < -0.3 is 4.74 Å². The molecule has 1 unspecified atom stereocenters. The lowest BCUT2D eigenvalue weighted by molar-refractivity contribution is 0.0872. The number of nitrogens with zero attached hydrogens (tertiary/aromatic N) is 1. The third-order valence-electron chi connectivity index (χ3n) is 4.86. The number of ketones is 1. The molecular weight excluding hydrogens is 362 g/mol. The quantitative estimate of drug-likeness (QED) is 0.710.